The zero-order valence-electron chi connectivity index (χ0n) is 19.1. The number of nitrogens with one attached hydrogen (secondary N) is 2. The Hall–Kier alpha value is -3.90. The van der Waals surface area contributed by atoms with Gasteiger partial charge in [0.2, 0.25) is 0 Å². The molecule has 0 saturated heterocycles. The van der Waals surface area contributed by atoms with Crippen molar-refractivity contribution in [2.24, 2.45) is 0 Å². The van der Waals surface area contributed by atoms with E-state index in [4.69, 9.17) is 10.00 Å². The summed E-state index contributed by atoms with van der Waals surface area (Å²) in [5.41, 5.74) is 2.78. The largest absolute Gasteiger partial charge is 0.495 e. The summed E-state index contributed by atoms with van der Waals surface area (Å²) >= 11 is 0. The molecule has 1 amide bonds. The molecule has 2 N–H and O–H groups in total. The highest BCUT2D eigenvalue weighted by Gasteiger charge is 2.13. The van der Waals surface area contributed by atoms with Crippen LogP contribution < -0.4 is 15.4 Å². The Morgan fingerprint density at radius 1 is 1.21 bits per heavy atom. The molecule has 0 saturated carbocycles. The van der Waals surface area contributed by atoms with Gasteiger partial charge in [0.15, 0.2) is 0 Å². The molecule has 0 aliphatic heterocycles. The van der Waals surface area contributed by atoms with Crippen LogP contribution in [-0.4, -0.2) is 51.5 Å². The lowest BCUT2D eigenvalue weighted by Gasteiger charge is -2.15. The van der Waals surface area contributed by atoms with Crippen LogP contribution in [0.3, 0.4) is 0 Å². The van der Waals surface area contributed by atoms with Crippen LogP contribution >= 0.6 is 0 Å². The summed E-state index contributed by atoms with van der Waals surface area (Å²) in [6.07, 6.45) is 1.50. The maximum atomic E-state index is 12.5. The summed E-state index contributed by atoms with van der Waals surface area (Å²) in [6, 6.07) is 16.8. The van der Waals surface area contributed by atoms with Crippen LogP contribution in [0.25, 0.3) is 22.0 Å². The van der Waals surface area contributed by atoms with Crippen molar-refractivity contribution in [3.63, 3.8) is 0 Å². The summed E-state index contributed by atoms with van der Waals surface area (Å²) in [5, 5.41) is 16.8. The molecule has 0 unspecified atom stereocenters. The topological polar surface area (TPSA) is 121 Å². The number of carbonyl (C=O) groups excluding carboxylic acids is 1. The predicted molar refractivity (Wildman–Crippen MR) is 134 cm³/mol. The lowest BCUT2D eigenvalue weighted by atomic mass is 10.0. The predicted octanol–water partition coefficient (Wildman–Crippen LogP) is 3.57. The highest BCUT2D eigenvalue weighted by molar-refractivity contribution is 7.90. The van der Waals surface area contributed by atoms with E-state index < -0.39 is 9.84 Å². The standard InChI is InChI=1S/C25H26N4O4S/c1-17(15-26)16-28-24-20-14-19(9-8-18(20)10-11-23(24)33-2)21-6-4-7-22(29-21)25(30)27-12-5-13-34(3,31)32/h4,6-11,14,28H,1,5,12-13,16H2,2-3H3,(H,27,30). The van der Waals surface area contributed by atoms with Crippen molar-refractivity contribution >= 4 is 32.2 Å². The van der Waals surface area contributed by atoms with Gasteiger partial charge < -0.3 is 15.4 Å². The highest BCUT2D eigenvalue weighted by Crippen LogP contribution is 2.35. The van der Waals surface area contributed by atoms with E-state index in [-0.39, 0.29) is 30.4 Å². The van der Waals surface area contributed by atoms with Crippen LogP contribution in [0.4, 0.5) is 5.69 Å². The molecule has 0 radical (unpaired) electrons. The monoisotopic (exact) mass is 478 g/mol. The molecule has 1 aromatic heterocycles. The zero-order valence-corrected chi connectivity index (χ0v) is 19.9. The molecule has 3 rings (SSSR count). The number of amides is 1. The number of ether oxygens (including phenoxy) is 1. The van der Waals surface area contributed by atoms with Crippen molar-refractivity contribution in [2.75, 3.05) is 37.5 Å². The second-order valence-corrected chi connectivity index (χ2v) is 10.1. The minimum Gasteiger partial charge on any atom is -0.495 e. The number of fused-ring (bicyclic) bond motifs is 1. The van der Waals surface area contributed by atoms with Crippen molar-refractivity contribution in [3.05, 3.63) is 66.4 Å². The van der Waals surface area contributed by atoms with Crippen LogP contribution in [0.15, 0.2) is 60.7 Å². The Bertz CT molecular complexity index is 1380. The first-order valence-electron chi connectivity index (χ1n) is 10.6. The number of anilines is 1. The molecule has 0 aliphatic carbocycles. The lowest BCUT2D eigenvalue weighted by molar-refractivity contribution is 0.0949. The molecule has 0 atom stereocenters. The maximum absolute atomic E-state index is 12.5. The smallest absolute Gasteiger partial charge is 0.269 e. The fourth-order valence-electron chi connectivity index (χ4n) is 3.39. The molecule has 2 aromatic carbocycles. The maximum Gasteiger partial charge on any atom is 0.269 e. The van der Waals surface area contributed by atoms with Crippen LogP contribution in [-0.2, 0) is 9.84 Å². The van der Waals surface area contributed by atoms with Crippen molar-refractivity contribution in [2.45, 2.75) is 6.42 Å². The molecule has 9 heteroatoms. The van der Waals surface area contributed by atoms with Crippen LogP contribution in [0.5, 0.6) is 5.75 Å². The second kappa shape index (κ2) is 10.8. The van der Waals surface area contributed by atoms with E-state index in [2.05, 4.69) is 22.2 Å². The number of hydrogen-bond acceptors (Lipinski definition) is 7. The van der Waals surface area contributed by atoms with Crippen molar-refractivity contribution < 1.29 is 17.9 Å². The number of carbonyl (C=O) groups is 1. The summed E-state index contributed by atoms with van der Waals surface area (Å²) < 4.78 is 28.0. The second-order valence-electron chi connectivity index (χ2n) is 7.80. The molecule has 0 spiro atoms. The molecule has 3 aromatic rings. The lowest BCUT2D eigenvalue weighted by Crippen LogP contribution is -2.26. The number of rotatable bonds is 10. The molecule has 176 valence electrons. The summed E-state index contributed by atoms with van der Waals surface area (Å²) in [4.78, 5) is 17.0. The van der Waals surface area contributed by atoms with E-state index >= 15 is 0 Å². The average Bonchev–Trinajstić information content (AvgIpc) is 2.83. The fraction of sp³-hybridized carbons (Fsp3) is 0.240. The van der Waals surface area contributed by atoms with Gasteiger partial charge in [-0.3, -0.25) is 4.79 Å². The number of benzene rings is 2. The van der Waals surface area contributed by atoms with Crippen LogP contribution in [0.2, 0.25) is 0 Å². The van der Waals surface area contributed by atoms with Gasteiger partial charge in [-0.15, -0.1) is 0 Å². The van der Waals surface area contributed by atoms with E-state index in [0.29, 0.717) is 23.4 Å². The molecule has 34 heavy (non-hydrogen) atoms. The van der Waals surface area contributed by atoms with Gasteiger partial charge in [-0.1, -0.05) is 30.8 Å². The number of sulfone groups is 1. The van der Waals surface area contributed by atoms with E-state index in [1.165, 1.54) is 6.26 Å². The third-order valence-electron chi connectivity index (χ3n) is 5.09. The number of nitriles is 1. The van der Waals surface area contributed by atoms with E-state index in [1.54, 1.807) is 19.2 Å². The van der Waals surface area contributed by atoms with Gasteiger partial charge in [0.25, 0.3) is 5.91 Å². The van der Waals surface area contributed by atoms with Gasteiger partial charge in [0.05, 0.1) is 30.3 Å². The average molecular weight is 479 g/mol. The molecular formula is C25H26N4O4S. The van der Waals surface area contributed by atoms with Gasteiger partial charge in [0, 0.05) is 35.9 Å². The van der Waals surface area contributed by atoms with Gasteiger partial charge in [-0.25, -0.2) is 13.4 Å². The van der Waals surface area contributed by atoms with Gasteiger partial charge in [-0.2, -0.15) is 5.26 Å². The number of pyridine rings is 1. The van der Waals surface area contributed by atoms with Gasteiger partial charge >= 0.3 is 0 Å². The summed E-state index contributed by atoms with van der Waals surface area (Å²) in [6.45, 7) is 4.24. The van der Waals surface area contributed by atoms with Crippen LogP contribution in [0, 0.1) is 11.3 Å². The summed E-state index contributed by atoms with van der Waals surface area (Å²) in [5.74, 6) is 0.278. The molecule has 8 nitrogen and oxygen atoms in total. The van der Waals surface area contributed by atoms with E-state index in [9.17, 15) is 13.2 Å². The minimum atomic E-state index is -3.07. The Kier molecular flexibility index (Phi) is 7.87. The Labute approximate surface area is 199 Å². The Morgan fingerprint density at radius 2 is 1.97 bits per heavy atom. The molecule has 0 fully saturated rings. The summed E-state index contributed by atoms with van der Waals surface area (Å²) in [7, 11) is -1.49. The third kappa shape index (κ3) is 6.33. The first kappa shape index (κ1) is 24.7. The first-order valence-corrected chi connectivity index (χ1v) is 12.6. The highest BCUT2D eigenvalue weighted by atomic mass is 32.2. The quantitative estimate of drug-likeness (QED) is 0.337. The van der Waals surface area contributed by atoms with Crippen molar-refractivity contribution in [1.29, 1.82) is 5.26 Å². The van der Waals surface area contributed by atoms with E-state index in [1.807, 2.05) is 42.5 Å². The molecule has 1 heterocycles. The molecule has 0 aliphatic rings. The normalized spacial score (nSPS) is 11.0. The number of aromatic nitrogens is 1. The third-order valence-corrected chi connectivity index (χ3v) is 6.13. The van der Waals surface area contributed by atoms with Crippen molar-refractivity contribution in [3.8, 4) is 23.1 Å². The number of methoxy groups -OCH3 is 1. The van der Waals surface area contributed by atoms with Crippen LogP contribution in [0.1, 0.15) is 16.9 Å². The fourth-order valence-corrected chi connectivity index (χ4v) is 4.06. The Balaban J connectivity index is 1.88. The minimum absolute atomic E-state index is 0.0133. The molecule has 0 bridgehead atoms. The van der Waals surface area contributed by atoms with Crippen molar-refractivity contribution in [1.82, 2.24) is 10.3 Å². The van der Waals surface area contributed by atoms with E-state index in [0.717, 1.165) is 22.0 Å². The number of nitrogens with zero attached hydrogens (tertiary/aromatic N) is 2. The number of hydrogen-bond donors (Lipinski definition) is 2. The van der Waals surface area contributed by atoms with Gasteiger partial charge in [0.1, 0.15) is 21.3 Å². The Morgan fingerprint density at radius 3 is 2.68 bits per heavy atom. The first-order chi connectivity index (χ1) is 16.2. The SMILES string of the molecule is C=C(C#N)CNc1c(OC)ccc2ccc(-c3cccc(C(=O)NCCCS(C)(=O)=O)n3)cc12. The zero-order chi connectivity index (χ0) is 24.7. The van der Waals surface area contributed by atoms with Gasteiger partial charge in [-0.05, 0) is 36.1 Å². The molecular weight excluding hydrogens is 452 g/mol.